The fraction of sp³-hybridized carbons (Fsp3) is 0.417. The topological polar surface area (TPSA) is 46.9 Å². The molecule has 0 bridgehead atoms. The number of aryl methyl sites for hydroxylation is 3. The van der Waals surface area contributed by atoms with E-state index >= 15 is 0 Å². The molecule has 4 nitrogen and oxygen atoms in total. The predicted octanol–water partition coefficient (Wildman–Crippen LogP) is 4.68. The summed E-state index contributed by atoms with van der Waals surface area (Å²) in [6.45, 7) is 8.22. The molecular formula is C24H31N3O. The van der Waals surface area contributed by atoms with Gasteiger partial charge >= 0.3 is 0 Å². The van der Waals surface area contributed by atoms with Crippen molar-refractivity contribution in [2.24, 2.45) is 5.92 Å². The van der Waals surface area contributed by atoms with Crippen molar-refractivity contribution in [1.29, 1.82) is 0 Å². The molecule has 0 unspecified atom stereocenters. The Morgan fingerprint density at radius 2 is 1.86 bits per heavy atom. The minimum Gasteiger partial charge on any atom is -0.356 e. The molecule has 0 aliphatic rings. The lowest BCUT2D eigenvalue weighted by Gasteiger charge is -2.11. The van der Waals surface area contributed by atoms with Crippen LogP contribution < -0.4 is 5.32 Å². The molecule has 1 amide bonds. The van der Waals surface area contributed by atoms with E-state index in [1.807, 2.05) is 37.3 Å². The second kappa shape index (κ2) is 9.54. The van der Waals surface area contributed by atoms with E-state index in [1.54, 1.807) is 0 Å². The molecule has 0 saturated carbocycles. The Morgan fingerprint density at radius 3 is 2.64 bits per heavy atom. The van der Waals surface area contributed by atoms with Gasteiger partial charge in [0.2, 0.25) is 5.91 Å². The zero-order valence-corrected chi connectivity index (χ0v) is 17.2. The number of amides is 1. The molecule has 2 aromatic carbocycles. The summed E-state index contributed by atoms with van der Waals surface area (Å²) < 4.78 is 2.35. The van der Waals surface area contributed by atoms with Crippen LogP contribution in [0.1, 0.15) is 43.6 Å². The number of nitrogens with zero attached hydrogens (tertiary/aromatic N) is 2. The van der Waals surface area contributed by atoms with E-state index in [-0.39, 0.29) is 5.91 Å². The minimum atomic E-state index is 0.0858. The Bertz CT molecular complexity index is 926. The smallest absolute Gasteiger partial charge is 0.224 e. The van der Waals surface area contributed by atoms with Crippen LogP contribution in [0.2, 0.25) is 0 Å². The van der Waals surface area contributed by atoms with Crippen molar-refractivity contribution >= 4 is 16.9 Å². The maximum atomic E-state index is 12.2. The summed E-state index contributed by atoms with van der Waals surface area (Å²) in [6, 6.07) is 16.4. The number of rotatable bonds is 9. The quantitative estimate of drug-likeness (QED) is 0.550. The first kappa shape index (κ1) is 20.1. The molecule has 0 fully saturated rings. The molecule has 0 spiro atoms. The number of carbonyl (C=O) groups excluding carboxylic acids is 1. The number of carbonyl (C=O) groups is 1. The lowest BCUT2D eigenvalue weighted by Crippen LogP contribution is -2.26. The van der Waals surface area contributed by atoms with Crippen LogP contribution in [0.5, 0.6) is 0 Å². The molecule has 0 radical (unpaired) electrons. The summed E-state index contributed by atoms with van der Waals surface area (Å²) in [5.74, 6) is 1.87. The van der Waals surface area contributed by atoms with Crippen LogP contribution in [-0.2, 0) is 24.2 Å². The van der Waals surface area contributed by atoms with Gasteiger partial charge in [0.1, 0.15) is 5.82 Å². The highest BCUT2D eigenvalue weighted by molar-refractivity contribution is 5.79. The first-order valence-corrected chi connectivity index (χ1v) is 10.3. The van der Waals surface area contributed by atoms with Crippen molar-refractivity contribution in [2.45, 2.75) is 53.0 Å². The van der Waals surface area contributed by atoms with Gasteiger partial charge in [-0.3, -0.25) is 4.79 Å². The van der Waals surface area contributed by atoms with E-state index in [2.05, 4.69) is 41.9 Å². The lowest BCUT2D eigenvalue weighted by atomic mass is 10.1. The normalized spacial score (nSPS) is 11.3. The SMILES string of the molecule is Cc1ccccc1CC(=O)NCCCc1nc2ccccc2n1CCC(C)C. The van der Waals surface area contributed by atoms with Gasteiger partial charge < -0.3 is 9.88 Å². The van der Waals surface area contributed by atoms with Crippen LogP contribution in [0.4, 0.5) is 0 Å². The highest BCUT2D eigenvalue weighted by atomic mass is 16.1. The summed E-state index contributed by atoms with van der Waals surface area (Å²) in [4.78, 5) is 17.1. The van der Waals surface area contributed by atoms with Gasteiger partial charge in [0, 0.05) is 19.5 Å². The molecule has 3 rings (SSSR count). The fourth-order valence-corrected chi connectivity index (χ4v) is 3.47. The summed E-state index contributed by atoms with van der Waals surface area (Å²) in [6.07, 6.45) is 3.35. The number of imidazole rings is 1. The maximum absolute atomic E-state index is 12.2. The molecule has 28 heavy (non-hydrogen) atoms. The van der Waals surface area contributed by atoms with Crippen LogP contribution in [0.15, 0.2) is 48.5 Å². The van der Waals surface area contributed by atoms with Gasteiger partial charge in [-0.2, -0.15) is 0 Å². The van der Waals surface area contributed by atoms with E-state index in [4.69, 9.17) is 4.98 Å². The third-order valence-electron chi connectivity index (χ3n) is 5.18. The van der Waals surface area contributed by atoms with Crippen LogP contribution >= 0.6 is 0 Å². The number of hydrogen-bond acceptors (Lipinski definition) is 2. The molecule has 0 aliphatic carbocycles. The lowest BCUT2D eigenvalue weighted by molar-refractivity contribution is -0.120. The molecule has 1 heterocycles. The van der Waals surface area contributed by atoms with E-state index in [0.29, 0.717) is 18.9 Å². The third-order valence-corrected chi connectivity index (χ3v) is 5.18. The average molecular weight is 378 g/mol. The summed E-state index contributed by atoms with van der Waals surface area (Å²) in [5, 5.41) is 3.06. The molecule has 1 aromatic heterocycles. The van der Waals surface area contributed by atoms with Crippen LogP contribution in [0, 0.1) is 12.8 Å². The van der Waals surface area contributed by atoms with Crippen LogP contribution in [0.3, 0.4) is 0 Å². The van der Waals surface area contributed by atoms with Crippen molar-refractivity contribution in [3.63, 3.8) is 0 Å². The van der Waals surface area contributed by atoms with E-state index in [1.165, 1.54) is 5.52 Å². The van der Waals surface area contributed by atoms with Gasteiger partial charge in [0.25, 0.3) is 0 Å². The van der Waals surface area contributed by atoms with Gasteiger partial charge in [-0.1, -0.05) is 50.2 Å². The molecule has 0 saturated heterocycles. The van der Waals surface area contributed by atoms with Crippen molar-refractivity contribution in [3.8, 4) is 0 Å². The number of benzene rings is 2. The van der Waals surface area contributed by atoms with Crippen molar-refractivity contribution in [1.82, 2.24) is 14.9 Å². The van der Waals surface area contributed by atoms with Gasteiger partial charge in [0.05, 0.1) is 17.5 Å². The first-order valence-electron chi connectivity index (χ1n) is 10.3. The van der Waals surface area contributed by atoms with E-state index in [9.17, 15) is 4.79 Å². The standard InChI is InChI=1S/C24H31N3O/c1-18(2)14-16-27-22-12-7-6-11-21(22)26-23(27)13-8-15-25-24(28)17-20-10-5-4-9-19(20)3/h4-7,9-12,18H,8,13-17H2,1-3H3,(H,25,28). The Morgan fingerprint density at radius 1 is 1.11 bits per heavy atom. The molecule has 1 N–H and O–H groups in total. The summed E-state index contributed by atoms with van der Waals surface area (Å²) in [5.41, 5.74) is 4.53. The third kappa shape index (κ3) is 5.22. The highest BCUT2D eigenvalue weighted by Crippen LogP contribution is 2.19. The van der Waals surface area contributed by atoms with Crippen LogP contribution in [-0.4, -0.2) is 22.0 Å². The summed E-state index contributed by atoms with van der Waals surface area (Å²) >= 11 is 0. The van der Waals surface area contributed by atoms with Crippen molar-refractivity contribution < 1.29 is 4.79 Å². The minimum absolute atomic E-state index is 0.0858. The number of hydrogen-bond donors (Lipinski definition) is 1. The first-order chi connectivity index (χ1) is 13.5. The van der Waals surface area contributed by atoms with Gasteiger partial charge in [-0.25, -0.2) is 4.98 Å². The fourth-order valence-electron chi connectivity index (χ4n) is 3.47. The van der Waals surface area contributed by atoms with E-state index in [0.717, 1.165) is 48.3 Å². The molecule has 148 valence electrons. The molecule has 4 heteroatoms. The molecular weight excluding hydrogens is 346 g/mol. The molecule has 0 aliphatic heterocycles. The number of aromatic nitrogens is 2. The number of nitrogens with one attached hydrogen (secondary N) is 1. The monoisotopic (exact) mass is 377 g/mol. The van der Waals surface area contributed by atoms with Gasteiger partial charge in [-0.05, 0) is 48.9 Å². The second-order valence-electron chi connectivity index (χ2n) is 7.91. The largest absolute Gasteiger partial charge is 0.356 e. The van der Waals surface area contributed by atoms with Gasteiger partial charge in [-0.15, -0.1) is 0 Å². The Balaban J connectivity index is 1.55. The number of para-hydroxylation sites is 2. The summed E-state index contributed by atoms with van der Waals surface area (Å²) in [7, 11) is 0. The molecule has 3 aromatic rings. The Kier molecular flexibility index (Phi) is 6.85. The maximum Gasteiger partial charge on any atom is 0.224 e. The Hall–Kier alpha value is -2.62. The molecule has 0 atom stereocenters. The van der Waals surface area contributed by atoms with E-state index < -0.39 is 0 Å². The Labute approximate surface area is 168 Å². The van der Waals surface area contributed by atoms with Crippen LogP contribution in [0.25, 0.3) is 11.0 Å². The van der Waals surface area contributed by atoms with Crippen molar-refractivity contribution in [2.75, 3.05) is 6.54 Å². The zero-order valence-electron chi connectivity index (χ0n) is 17.2. The highest BCUT2D eigenvalue weighted by Gasteiger charge is 2.11. The predicted molar refractivity (Wildman–Crippen MR) is 115 cm³/mol. The van der Waals surface area contributed by atoms with Crippen molar-refractivity contribution in [3.05, 3.63) is 65.5 Å². The zero-order chi connectivity index (χ0) is 19.9. The van der Waals surface area contributed by atoms with Gasteiger partial charge in [0.15, 0.2) is 0 Å². The average Bonchev–Trinajstić information content (AvgIpc) is 3.03. The second-order valence-corrected chi connectivity index (χ2v) is 7.91. The number of fused-ring (bicyclic) bond motifs is 1.